The molecule has 2 rings (SSSR count). The van der Waals surface area contributed by atoms with Crippen LogP contribution in [0.5, 0.6) is 0 Å². The highest BCUT2D eigenvalue weighted by Crippen LogP contribution is 2.28. The molecule has 0 aliphatic carbocycles. The Morgan fingerprint density at radius 1 is 1.05 bits per heavy atom. The van der Waals surface area contributed by atoms with Gasteiger partial charge in [-0.05, 0) is 61.7 Å². The zero-order valence-electron chi connectivity index (χ0n) is 11.9. The first kappa shape index (κ1) is 15.8. The summed E-state index contributed by atoms with van der Waals surface area (Å²) >= 11 is 6.01. The van der Waals surface area contributed by atoms with Crippen molar-refractivity contribution in [2.24, 2.45) is 0 Å². The van der Waals surface area contributed by atoms with Crippen molar-refractivity contribution in [3.8, 4) is 0 Å². The fraction of sp³-hybridized carbons (Fsp3) is 0.200. The molecule has 0 heterocycles. The molecule has 0 amide bonds. The van der Waals surface area contributed by atoms with Gasteiger partial charge < -0.3 is 0 Å². The molecule has 0 bridgehead atoms. The van der Waals surface area contributed by atoms with Crippen molar-refractivity contribution in [1.29, 1.82) is 0 Å². The van der Waals surface area contributed by atoms with E-state index in [4.69, 9.17) is 11.6 Å². The third-order valence-electron chi connectivity index (χ3n) is 3.06. The Bertz CT molecular complexity index is 780. The second kappa shape index (κ2) is 5.66. The Kier molecular flexibility index (Phi) is 4.25. The van der Waals surface area contributed by atoms with E-state index >= 15 is 0 Å². The molecule has 0 radical (unpaired) electrons. The fourth-order valence-corrected chi connectivity index (χ4v) is 3.98. The van der Waals surface area contributed by atoms with Crippen LogP contribution in [-0.4, -0.2) is 8.42 Å². The fourth-order valence-electron chi connectivity index (χ4n) is 2.23. The lowest BCUT2D eigenvalue weighted by atomic mass is 10.1. The van der Waals surface area contributed by atoms with Gasteiger partial charge in [0.2, 0.25) is 0 Å². The summed E-state index contributed by atoms with van der Waals surface area (Å²) in [6, 6.07) is 7.44. The molecule has 0 fully saturated rings. The van der Waals surface area contributed by atoms with Crippen LogP contribution in [0.1, 0.15) is 16.7 Å². The van der Waals surface area contributed by atoms with Gasteiger partial charge in [0.1, 0.15) is 5.82 Å². The number of benzene rings is 2. The maximum Gasteiger partial charge on any atom is 0.262 e. The van der Waals surface area contributed by atoms with Crippen LogP contribution >= 0.6 is 11.6 Å². The van der Waals surface area contributed by atoms with Crippen molar-refractivity contribution in [2.45, 2.75) is 25.7 Å². The zero-order valence-corrected chi connectivity index (χ0v) is 13.4. The number of rotatable bonds is 3. The highest BCUT2D eigenvalue weighted by atomic mass is 35.5. The Morgan fingerprint density at radius 3 is 2.19 bits per heavy atom. The molecule has 1 N–H and O–H groups in total. The molecule has 0 unspecified atom stereocenters. The molecular weight excluding hydrogens is 313 g/mol. The summed E-state index contributed by atoms with van der Waals surface area (Å²) in [4.78, 5) is 0.0708. The molecule has 2 aromatic carbocycles. The van der Waals surface area contributed by atoms with Crippen molar-refractivity contribution in [3.05, 3.63) is 57.9 Å². The number of aryl methyl sites for hydroxylation is 3. The molecule has 0 aliphatic heterocycles. The summed E-state index contributed by atoms with van der Waals surface area (Å²) in [6.45, 7) is 4.95. The molecule has 0 spiro atoms. The summed E-state index contributed by atoms with van der Waals surface area (Å²) in [5.74, 6) is -0.461. The molecule has 2 aromatic rings. The number of hydrogen-bond acceptors (Lipinski definition) is 2. The van der Waals surface area contributed by atoms with E-state index in [1.165, 1.54) is 12.1 Å². The molecule has 0 atom stereocenters. The molecule has 0 aliphatic rings. The van der Waals surface area contributed by atoms with E-state index in [9.17, 15) is 12.8 Å². The normalized spacial score (nSPS) is 11.5. The van der Waals surface area contributed by atoms with Crippen LogP contribution in [0.15, 0.2) is 35.2 Å². The minimum atomic E-state index is -3.83. The Hall–Kier alpha value is -1.59. The smallest absolute Gasteiger partial charge is 0.262 e. The van der Waals surface area contributed by atoms with Gasteiger partial charge in [-0.1, -0.05) is 17.7 Å². The number of halogens is 2. The van der Waals surface area contributed by atoms with Crippen molar-refractivity contribution in [3.63, 3.8) is 0 Å². The van der Waals surface area contributed by atoms with Gasteiger partial charge in [0.25, 0.3) is 10.0 Å². The van der Waals surface area contributed by atoms with Crippen LogP contribution in [-0.2, 0) is 10.0 Å². The summed E-state index contributed by atoms with van der Waals surface area (Å²) < 4.78 is 40.8. The van der Waals surface area contributed by atoms with E-state index in [1.54, 1.807) is 32.0 Å². The third kappa shape index (κ3) is 3.36. The molecule has 6 heteroatoms. The van der Waals surface area contributed by atoms with Gasteiger partial charge >= 0.3 is 0 Å². The van der Waals surface area contributed by atoms with Gasteiger partial charge in [-0.15, -0.1) is 0 Å². The molecule has 3 nitrogen and oxygen atoms in total. The van der Waals surface area contributed by atoms with Gasteiger partial charge in [0, 0.05) is 0 Å². The van der Waals surface area contributed by atoms with Crippen molar-refractivity contribution in [2.75, 3.05) is 4.72 Å². The second-order valence-corrected chi connectivity index (χ2v) is 6.98. The number of anilines is 1. The first-order chi connectivity index (χ1) is 9.70. The lowest BCUT2D eigenvalue weighted by Gasteiger charge is -2.14. The predicted octanol–water partition coefficient (Wildman–Crippen LogP) is 4.21. The maximum absolute atomic E-state index is 13.3. The average molecular weight is 328 g/mol. The number of sulfonamides is 1. The first-order valence-corrected chi connectivity index (χ1v) is 8.12. The van der Waals surface area contributed by atoms with E-state index in [0.29, 0.717) is 21.8 Å². The Labute approximate surface area is 128 Å². The monoisotopic (exact) mass is 327 g/mol. The van der Waals surface area contributed by atoms with Crippen LogP contribution in [0.2, 0.25) is 5.02 Å². The largest absolute Gasteiger partial charge is 0.278 e. The number of hydrogen-bond donors (Lipinski definition) is 1. The summed E-state index contributed by atoms with van der Waals surface area (Å²) in [5, 5.41) is 0.307. The minimum absolute atomic E-state index is 0.0708. The van der Waals surface area contributed by atoms with E-state index in [1.807, 2.05) is 6.92 Å². The molecule has 0 aromatic heterocycles. The topological polar surface area (TPSA) is 46.2 Å². The van der Waals surface area contributed by atoms with Gasteiger partial charge in [0.05, 0.1) is 15.6 Å². The van der Waals surface area contributed by atoms with Crippen molar-refractivity contribution in [1.82, 2.24) is 0 Å². The molecule has 21 heavy (non-hydrogen) atoms. The standard InChI is InChI=1S/C15H15ClFNO2S/c1-9-4-5-13(16)14(6-9)18-21(19,20)15-10(2)7-12(17)8-11(15)3/h4-8,18H,1-3H3. The van der Waals surface area contributed by atoms with Gasteiger partial charge in [-0.3, -0.25) is 4.72 Å². The highest BCUT2D eigenvalue weighted by Gasteiger charge is 2.21. The summed E-state index contributed by atoms with van der Waals surface area (Å²) in [7, 11) is -3.83. The van der Waals surface area contributed by atoms with Crippen LogP contribution in [0.3, 0.4) is 0 Å². The van der Waals surface area contributed by atoms with E-state index in [0.717, 1.165) is 5.56 Å². The third-order valence-corrected chi connectivity index (χ3v) is 5.06. The van der Waals surface area contributed by atoms with E-state index in [2.05, 4.69) is 4.72 Å². The van der Waals surface area contributed by atoms with E-state index in [-0.39, 0.29) is 4.90 Å². The Morgan fingerprint density at radius 2 is 1.62 bits per heavy atom. The maximum atomic E-state index is 13.3. The summed E-state index contributed by atoms with van der Waals surface area (Å²) in [6.07, 6.45) is 0. The van der Waals surface area contributed by atoms with Gasteiger partial charge in [0.15, 0.2) is 0 Å². The molecule has 0 saturated carbocycles. The quantitative estimate of drug-likeness (QED) is 0.918. The average Bonchev–Trinajstić information content (AvgIpc) is 2.31. The Balaban J connectivity index is 2.51. The predicted molar refractivity (Wildman–Crippen MR) is 82.9 cm³/mol. The van der Waals surface area contributed by atoms with Crippen LogP contribution < -0.4 is 4.72 Å². The lowest BCUT2D eigenvalue weighted by Crippen LogP contribution is -2.16. The zero-order chi connectivity index (χ0) is 15.8. The number of nitrogens with one attached hydrogen (secondary N) is 1. The van der Waals surface area contributed by atoms with Crippen molar-refractivity contribution < 1.29 is 12.8 Å². The SMILES string of the molecule is Cc1ccc(Cl)c(NS(=O)(=O)c2c(C)cc(F)cc2C)c1. The first-order valence-electron chi connectivity index (χ1n) is 6.26. The van der Waals surface area contributed by atoms with Crippen LogP contribution in [0.25, 0.3) is 0 Å². The summed E-state index contributed by atoms with van der Waals surface area (Å²) in [5.41, 5.74) is 1.89. The van der Waals surface area contributed by atoms with Crippen LogP contribution in [0, 0.1) is 26.6 Å². The second-order valence-electron chi connectivity index (χ2n) is 4.96. The van der Waals surface area contributed by atoms with Gasteiger partial charge in [-0.2, -0.15) is 0 Å². The molecule has 112 valence electrons. The minimum Gasteiger partial charge on any atom is -0.278 e. The van der Waals surface area contributed by atoms with E-state index < -0.39 is 15.8 Å². The molecular formula is C15H15ClFNO2S. The van der Waals surface area contributed by atoms with Crippen LogP contribution in [0.4, 0.5) is 10.1 Å². The highest BCUT2D eigenvalue weighted by molar-refractivity contribution is 7.92. The van der Waals surface area contributed by atoms with Gasteiger partial charge in [-0.25, -0.2) is 12.8 Å². The lowest BCUT2D eigenvalue weighted by molar-refractivity contribution is 0.597. The molecule has 0 saturated heterocycles. The van der Waals surface area contributed by atoms with Crippen molar-refractivity contribution >= 4 is 27.3 Å².